The molecule has 1 fully saturated rings. The van der Waals surface area contributed by atoms with Crippen LogP contribution < -0.4 is 9.47 Å². The van der Waals surface area contributed by atoms with E-state index in [9.17, 15) is 9.59 Å². The average molecular weight is 333 g/mol. The van der Waals surface area contributed by atoms with Crippen molar-refractivity contribution in [1.29, 1.82) is 0 Å². The zero-order chi connectivity index (χ0) is 17.1. The summed E-state index contributed by atoms with van der Waals surface area (Å²) in [5, 5.41) is 8.83. The van der Waals surface area contributed by atoms with Crippen LogP contribution in [0.15, 0.2) is 24.3 Å². The van der Waals surface area contributed by atoms with Gasteiger partial charge < -0.3 is 19.5 Å². The van der Waals surface area contributed by atoms with E-state index in [-0.39, 0.29) is 24.3 Å². The lowest BCUT2D eigenvalue weighted by atomic mass is 9.93. The van der Waals surface area contributed by atoms with E-state index < -0.39 is 12.1 Å². The van der Waals surface area contributed by atoms with Crippen LogP contribution in [0.4, 0.5) is 0 Å². The molecule has 0 bridgehead atoms. The number of ether oxygens (including phenoxy) is 2. The summed E-state index contributed by atoms with van der Waals surface area (Å²) in [6, 6.07) is 7.35. The lowest BCUT2D eigenvalue weighted by Gasteiger charge is -2.38. The van der Waals surface area contributed by atoms with Crippen LogP contribution in [0.5, 0.6) is 11.5 Å². The SMILES string of the molecule is CC1Oc2ccccc2OC1C(=O)N1CCCC(CCC(=O)O)C1. The highest BCUT2D eigenvalue weighted by Gasteiger charge is 2.38. The molecule has 6 nitrogen and oxygen atoms in total. The molecule has 1 N–H and O–H groups in total. The molecule has 0 radical (unpaired) electrons. The number of amides is 1. The summed E-state index contributed by atoms with van der Waals surface area (Å²) in [7, 11) is 0. The molecule has 2 aliphatic rings. The number of carboxylic acids is 1. The molecule has 6 heteroatoms. The summed E-state index contributed by atoms with van der Waals surface area (Å²) in [5.74, 6) is 0.635. The Morgan fingerprint density at radius 3 is 2.67 bits per heavy atom. The molecule has 3 atom stereocenters. The number of piperidine rings is 1. The minimum absolute atomic E-state index is 0.0722. The number of carbonyl (C=O) groups excluding carboxylic acids is 1. The Morgan fingerprint density at radius 2 is 1.96 bits per heavy atom. The molecular formula is C18H23NO5. The van der Waals surface area contributed by atoms with E-state index >= 15 is 0 Å². The molecule has 2 heterocycles. The number of benzene rings is 1. The van der Waals surface area contributed by atoms with E-state index in [0.29, 0.717) is 31.0 Å². The van der Waals surface area contributed by atoms with Crippen LogP contribution in [0.2, 0.25) is 0 Å². The maximum Gasteiger partial charge on any atom is 0.303 e. The number of hydrogen-bond acceptors (Lipinski definition) is 4. The lowest BCUT2D eigenvalue weighted by molar-refractivity contribution is -0.146. The second-order valence-electron chi connectivity index (χ2n) is 6.53. The Kier molecular flexibility index (Phi) is 4.92. The molecule has 0 spiro atoms. The smallest absolute Gasteiger partial charge is 0.303 e. The number of aliphatic carboxylic acids is 1. The monoisotopic (exact) mass is 333 g/mol. The van der Waals surface area contributed by atoms with E-state index in [1.54, 1.807) is 11.0 Å². The molecule has 3 rings (SSSR count). The van der Waals surface area contributed by atoms with Gasteiger partial charge in [-0.1, -0.05) is 12.1 Å². The molecular weight excluding hydrogens is 310 g/mol. The third-order valence-electron chi connectivity index (χ3n) is 4.68. The van der Waals surface area contributed by atoms with Gasteiger partial charge in [0.15, 0.2) is 11.5 Å². The highest BCUT2D eigenvalue weighted by Crippen LogP contribution is 2.34. The van der Waals surface area contributed by atoms with Gasteiger partial charge in [0.25, 0.3) is 5.91 Å². The fourth-order valence-electron chi connectivity index (χ4n) is 3.40. The average Bonchev–Trinajstić information content (AvgIpc) is 2.59. The highest BCUT2D eigenvalue weighted by atomic mass is 16.6. The maximum absolute atomic E-state index is 12.9. The molecule has 1 amide bonds. The van der Waals surface area contributed by atoms with Crippen LogP contribution in [-0.4, -0.2) is 47.2 Å². The predicted octanol–water partition coefficient (Wildman–Crippen LogP) is 2.32. The first-order valence-electron chi connectivity index (χ1n) is 8.47. The van der Waals surface area contributed by atoms with Crippen LogP contribution in [0.25, 0.3) is 0 Å². The third-order valence-corrected chi connectivity index (χ3v) is 4.68. The molecule has 0 saturated carbocycles. The molecule has 1 aromatic rings. The van der Waals surface area contributed by atoms with Crippen molar-refractivity contribution in [3.63, 3.8) is 0 Å². The van der Waals surface area contributed by atoms with E-state index in [2.05, 4.69) is 0 Å². The standard InChI is InChI=1S/C18H23NO5/c1-12-17(24-15-7-3-2-6-14(15)23-12)18(22)19-10-4-5-13(11-19)8-9-16(20)21/h2-3,6-7,12-13,17H,4-5,8-11H2,1H3,(H,20,21). The van der Waals surface area contributed by atoms with Gasteiger partial charge in [-0.3, -0.25) is 9.59 Å². The minimum atomic E-state index is -0.785. The predicted molar refractivity (Wildman–Crippen MR) is 87.1 cm³/mol. The molecule has 2 aliphatic heterocycles. The summed E-state index contributed by atoms with van der Waals surface area (Å²) in [5.41, 5.74) is 0. The first-order chi connectivity index (χ1) is 11.5. The van der Waals surface area contributed by atoms with Crippen LogP contribution in [0, 0.1) is 5.92 Å². The summed E-state index contributed by atoms with van der Waals surface area (Å²) in [6.07, 6.45) is 1.62. The number of para-hydroxylation sites is 2. The normalized spacial score (nSPS) is 26.0. The topological polar surface area (TPSA) is 76.1 Å². The number of nitrogens with zero attached hydrogens (tertiary/aromatic N) is 1. The quantitative estimate of drug-likeness (QED) is 0.915. The van der Waals surface area contributed by atoms with Crippen molar-refractivity contribution in [2.75, 3.05) is 13.1 Å². The molecule has 1 aromatic carbocycles. The van der Waals surface area contributed by atoms with Crippen LogP contribution in [0.1, 0.15) is 32.6 Å². The zero-order valence-electron chi connectivity index (χ0n) is 13.8. The number of likely N-dealkylation sites (tertiary alicyclic amines) is 1. The Hall–Kier alpha value is -2.24. The maximum atomic E-state index is 12.9. The van der Waals surface area contributed by atoms with Gasteiger partial charge in [-0.15, -0.1) is 0 Å². The van der Waals surface area contributed by atoms with Crippen molar-refractivity contribution in [1.82, 2.24) is 4.90 Å². The largest absolute Gasteiger partial charge is 0.482 e. The van der Waals surface area contributed by atoms with Gasteiger partial charge in [0, 0.05) is 19.5 Å². The Bertz CT molecular complexity index is 617. The number of carboxylic acid groups (broad SMARTS) is 1. The van der Waals surface area contributed by atoms with E-state index in [1.807, 2.05) is 25.1 Å². The summed E-state index contributed by atoms with van der Waals surface area (Å²) in [6.45, 7) is 3.13. The highest BCUT2D eigenvalue weighted by molar-refractivity contribution is 5.82. The van der Waals surface area contributed by atoms with E-state index in [4.69, 9.17) is 14.6 Å². The van der Waals surface area contributed by atoms with Gasteiger partial charge >= 0.3 is 5.97 Å². The first-order valence-corrected chi connectivity index (χ1v) is 8.47. The van der Waals surface area contributed by atoms with Crippen LogP contribution in [-0.2, 0) is 9.59 Å². The number of hydrogen-bond donors (Lipinski definition) is 1. The first kappa shape index (κ1) is 16.6. The number of rotatable bonds is 4. The lowest BCUT2D eigenvalue weighted by Crippen LogP contribution is -2.53. The summed E-state index contributed by atoms with van der Waals surface area (Å²) < 4.78 is 11.7. The Balaban J connectivity index is 1.64. The number of fused-ring (bicyclic) bond motifs is 1. The van der Waals surface area contributed by atoms with Crippen LogP contribution in [0.3, 0.4) is 0 Å². The second kappa shape index (κ2) is 7.11. The van der Waals surface area contributed by atoms with Gasteiger partial charge in [-0.05, 0) is 44.2 Å². The van der Waals surface area contributed by atoms with Gasteiger partial charge in [0.1, 0.15) is 6.10 Å². The van der Waals surface area contributed by atoms with Crippen molar-refractivity contribution < 1.29 is 24.2 Å². The Morgan fingerprint density at radius 1 is 1.25 bits per heavy atom. The van der Waals surface area contributed by atoms with Crippen LogP contribution >= 0.6 is 0 Å². The second-order valence-corrected chi connectivity index (χ2v) is 6.53. The van der Waals surface area contributed by atoms with Gasteiger partial charge in [-0.25, -0.2) is 0 Å². The molecule has 0 aliphatic carbocycles. The summed E-state index contributed by atoms with van der Waals surface area (Å²) >= 11 is 0. The minimum Gasteiger partial charge on any atom is -0.482 e. The molecule has 24 heavy (non-hydrogen) atoms. The van der Waals surface area contributed by atoms with Gasteiger partial charge in [0.2, 0.25) is 6.10 Å². The molecule has 3 unspecified atom stereocenters. The van der Waals surface area contributed by atoms with Crippen molar-refractivity contribution >= 4 is 11.9 Å². The third kappa shape index (κ3) is 3.63. The summed E-state index contributed by atoms with van der Waals surface area (Å²) in [4.78, 5) is 25.4. The molecule has 0 aromatic heterocycles. The van der Waals surface area contributed by atoms with E-state index in [0.717, 1.165) is 12.8 Å². The Labute approximate surface area is 141 Å². The van der Waals surface area contributed by atoms with Crippen molar-refractivity contribution in [3.05, 3.63) is 24.3 Å². The van der Waals surface area contributed by atoms with Crippen molar-refractivity contribution in [2.24, 2.45) is 5.92 Å². The van der Waals surface area contributed by atoms with E-state index in [1.165, 1.54) is 0 Å². The van der Waals surface area contributed by atoms with Gasteiger partial charge in [0.05, 0.1) is 0 Å². The molecule has 130 valence electrons. The fourth-order valence-corrected chi connectivity index (χ4v) is 3.40. The zero-order valence-corrected chi connectivity index (χ0v) is 13.8. The van der Waals surface area contributed by atoms with Gasteiger partial charge in [-0.2, -0.15) is 0 Å². The number of carbonyl (C=O) groups is 2. The molecule has 1 saturated heterocycles. The van der Waals surface area contributed by atoms with Crippen molar-refractivity contribution in [3.8, 4) is 11.5 Å². The van der Waals surface area contributed by atoms with Crippen molar-refractivity contribution in [2.45, 2.75) is 44.8 Å². The fraction of sp³-hybridized carbons (Fsp3) is 0.556.